The molecule has 1 saturated heterocycles. The van der Waals surface area contributed by atoms with Crippen LogP contribution in [-0.4, -0.2) is 30.1 Å². The molecule has 0 radical (unpaired) electrons. The summed E-state index contributed by atoms with van der Waals surface area (Å²) < 4.78 is 23.0. The lowest BCUT2D eigenvalue weighted by molar-refractivity contribution is 0.572. The monoisotopic (exact) mass is 306 g/mol. The molecule has 0 saturated carbocycles. The van der Waals surface area contributed by atoms with Gasteiger partial charge in [0, 0.05) is 0 Å². The average Bonchev–Trinajstić information content (AvgIpc) is 2.52. The summed E-state index contributed by atoms with van der Waals surface area (Å²) in [4.78, 5) is 11.1. The Balaban J connectivity index is 2.11. The molecule has 1 unspecified atom stereocenters. The highest BCUT2D eigenvalue weighted by Crippen LogP contribution is 2.21. The van der Waals surface area contributed by atoms with Crippen LogP contribution in [0.15, 0.2) is 15.3 Å². The number of nitrogens with one attached hydrogen (secondary N) is 1. The highest BCUT2D eigenvalue weighted by Gasteiger charge is 2.28. The van der Waals surface area contributed by atoms with Crippen LogP contribution in [0.5, 0.6) is 0 Å². The van der Waals surface area contributed by atoms with Gasteiger partial charge in [-0.05, 0) is 40.8 Å². The SMILES string of the molecule is O=c1[nH]nc(CC2CCS(=O)(=O)C2)cc1Br. The highest BCUT2D eigenvalue weighted by atomic mass is 79.9. The number of halogens is 1. The van der Waals surface area contributed by atoms with E-state index in [1.807, 2.05) is 0 Å². The second-order valence-corrected chi connectivity index (χ2v) is 7.09. The average molecular weight is 307 g/mol. The van der Waals surface area contributed by atoms with Crippen molar-refractivity contribution >= 4 is 25.8 Å². The lowest BCUT2D eigenvalue weighted by Gasteiger charge is -2.05. The first-order valence-electron chi connectivity index (χ1n) is 4.91. The van der Waals surface area contributed by atoms with Crippen LogP contribution >= 0.6 is 15.9 Å². The second kappa shape index (κ2) is 4.29. The van der Waals surface area contributed by atoms with Crippen LogP contribution in [-0.2, 0) is 16.3 Å². The minimum Gasteiger partial charge on any atom is -0.267 e. The molecule has 5 nitrogen and oxygen atoms in total. The van der Waals surface area contributed by atoms with Crippen molar-refractivity contribution in [2.75, 3.05) is 11.5 Å². The Morgan fingerprint density at radius 3 is 2.88 bits per heavy atom. The first-order valence-corrected chi connectivity index (χ1v) is 7.52. The van der Waals surface area contributed by atoms with Crippen molar-refractivity contribution in [1.82, 2.24) is 10.2 Å². The molecule has 0 amide bonds. The van der Waals surface area contributed by atoms with Gasteiger partial charge in [0.15, 0.2) is 9.84 Å². The van der Waals surface area contributed by atoms with E-state index >= 15 is 0 Å². The number of nitrogens with zero attached hydrogens (tertiary/aromatic N) is 1. The Morgan fingerprint density at radius 2 is 2.31 bits per heavy atom. The van der Waals surface area contributed by atoms with Crippen LogP contribution in [0.4, 0.5) is 0 Å². The van der Waals surface area contributed by atoms with E-state index in [-0.39, 0.29) is 23.0 Å². The number of aromatic amines is 1. The number of aromatic nitrogens is 2. The van der Waals surface area contributed by atoms with Crippen molar-refractivity contribution in [1.29, 1.82) is 0 Å². The minimum absolute atomic E-state index is 0.121. The zero-order valence-corrected chi connectivity index (χ0v) is 10.8. The number of rotatable bonds is 2. The van der Waals surface area contributed by atoms with Gasteiger partial charge in [0.2, 0.25) is 0 Å². The number of H-pyrrole nitrogens is 1. The maximum absolute atomic E-state index is 11.3. The van der Waals surface area contributed by atoms with Gasteiger partial charge in [-0.2, -0.15) is 5.10 Å². The van der Waals surface area contributed by atoms with Crippen molar-refractivity contribution < 1.29 is 8.42 Å². The van der Waals surface area contributed by atoms with Crippen LogP contribution in [0.3, 0.4) is 0 Å². The summed E-state index contributed by atoms with van der Waals surface area (Å²) in [7, 11) is -2.85. The van der Waals surface area contributed by atoms with Gasteiger partial charge in [0.25, 0.3) is 5.56 Å². The Bertz CT molecular complexity index is 552. The van der Waals surface area contributed by atoms with E-state index in [1.54, 1.807) is 6.07 Å². The maximum Gasteiger partial charge on any atom is 0.278 e. The third-order valence-electron chi connectivity index (χ3n) is 2.64. The first kappa shape index (κ1) is 11.8. The highest BCUT2D eigenvalue weighted by molar-refractivity contribution is 9.10. The van der Waals surface area contributed by atoms with E-state index in [1.165, 1.54) is 0 Å². The van der Waals surface area contributed by atoms with Crippen molar-refractivity contribution in [2.24, 2.45) is 5.92 Å². The van der Waals surface area contributed by atoms with Gasteiger partial charge >= 0.3 is 0 Å². The van der Waals surface area contributed by atoms with Crippen LogP contribution < -0.4 is 5.56 Å². The Labute approximate surface area is 101 Å². The van der Waals surface area contributed by atoms with Crippen molar-refractivity contribution in [3.63, 3.8) is 0 Å². The molecule has 0 aliphatic carbocycles. The molecule has 2 heterocycles. The smallest absolute Gasteiger partial charge is 0.267 e. The second-order valence-electron chi connectivity index (χ2n) is 4.01. The molecule has 0 aromatic carbocycles. The standard InChI is InChI=1S/C9H11BrN2O3S/c10-8-4-7(11-12-9(8)13)3-6-1-2-16(14,15)5-6/h4,6H,1-3,5H2,(H,12,13). The Hall–Kier alpha value is -0.690. The molecule has 1 aromatic heterocycles. The van der Waals surface area contributed by atoms with Gasteiger partial charge in [-0.15, -0.1) is 0 Å². The number of hydrogen-bond donors (Lipinski definition) is 1. The van der Waals surface area contributed by atoms with E-state index in [4.69, 9.17) is 0 Å². The largest absolute Gasteiger partial charge is 0.278 e. The van der Waals surface area contributed by atoms with Crippen LogP contribution in [0.2, 0.25) is 0 Å². The predicted molar refractivity (Wildman–Crippen MR) is 63.0 cm³/mol. The maximum atomic E-state index is 11.3. The molecule has 1 atom stereocenters. The van der Waals surface area contributed by atoms with Crippen LogP contribution in [0.1, 0.15) is 12.1 Å². The molecule has 7 heteroatoms. The van der Waals surface area contributed by atoms with Gasteiger partial charge in [-0.3, -0.25) is 4.79 Å². The molecule has 1 N–H and O–H groups in total. The zero-order valence-electron chi connectivity index (χ0n) is 8.44. The van der Waals surface area contributed by atoms with Gasteiger partial charge in [0.05, 0.1) is 21.7 Å². The molecule has 0 spiro atoms. The molecule has 1 fully saturated rings. The van der Waals surface area contributed by atoms with Crippen LogP contribution in [0, 0.1) is 5.92 Å². The Kier molecular flexibility index (Phi) is 3.16. The van der Waals surface area contributed by atoms with E-state index in [2.05, 4.69) is 26.1 Å². The van der Waals surface area contributed by atoms with Crippen molar-refractivity contribution in [2.45, 2.75) is 12.8 Å². The third-order valence-corrected chi connectivity index (χ3v) is 5.06. The minimum atomic E-state index is -2.85. The molecule has 1 aliphatic heterocycles. The van der Waals surface area contributed by atoms with Gasteiger partial charge in [-0.1, -0.05) is 0 Å². The number of hydrogen-bond acceptors (Lipinski definition) is 4. The molecule has 0 bridgehead atoms. The fraction of sp³-hybridized carbons (Fsp3) is 0.556. The summed E-state index contributed by atoms with van der Waals surface area (Å²) in [5.41, 5.74) is 0.441. The zero-order chi connectivity index (χ0) is 11.8. The fourth-order valence-corrected chi connectivity index (χ4v) is 4.07. The molecule has 88 valence electrons. The normalized spacial score (nSPS) is 23.4. The quantitative estimate of drug-likeness (QED) is 0.863. The summed E-state index contributed by atoms with van der Waals surface area (Å²) in [5.74, 6) is 0.614. The van der Waals surface area contributed by atoms with Crippen molar-refractivity contribution in [3.8, 4) is 0 Å². The van der Waals surface area contributed by atoms with Gasteiger partial charge < -0.3 is 0 Å². The summed E-state index contributed by atoms with van der Waals surface area (Å²) in [6.07, 6.45) is 1.27. The molecule has 1 aromatic rings. The Morgan fingerprint density at radius 1 is 1.56 bits per heavy atom. The molecule has 16 heavy (non-hydrogen) atoms. The lowest BCUT2D eigenvalue weighted by atomic mass is 10.0. The van der Waals surface area contributed by atoms with Crippen LogP contribution in [0.25, 0.3) is 0 Å². The molecular formula is C9H11BrN2O3S. The molecule has 2 rings (SSSR count). The van der Waals surface area contributed by atoms with E-state index in [0.717, 1.165) is 0 Å². The lowest BCUT2D eigenvalue weighted by Crippen LogP contribution is -2.14. The fourth-order valence-electron chi connectivity index (χ4n) is 1.85. The van der Waals surface area contributed by atoms with E-state index in [0.29, 0.717) is 23.0 Å². The third kappa shape index (κ3) is 2.70. The van der Waals surface area contributed by atoms with Gasteiger partial charge in [-0.25, -0.2) is 13.5 Å². The van der Waals surface area contributed by atoms with E-state index < -0.39 is 9.84 Å². The topological polar surface area (TPSA) is 79.9 Å². The summed E-state index contributed by atoms with van der Waals surface area (Å²) in [6.45, 7) is 0. The summed E-state index contributed by atoms with van der Waals surface area (Å²) in [5, 5.41) is 6.25. The number of sulfone groups is 1. The van der Waals surface area contributed by atoms with E-state index in [9.17, 15) is 13.2 Å². The summed E-state index contributed by atoms with van der Waals surface area (Å²) in [6, 6.07) is 1.64. The first-order chi connectivity index (χ1) is 7.46. The predicted octanol–water partition coefficient (Wildman–Crippen LogP) is 0.510. The summed E-state index contributed by atoms with van der Waals surface area (Å²) >= 11 is 3.12. The molecular weight excluding hydrogens is 296 g/mol. The molecule has 1 aliphatic rings. The van der Waals surface area contributed by atoms with Gasteiger partial charge in [0.1, 0.15) is 0 Å². The van der Waals surface area contributed by atoms with Crippen molar-refractivity contribution in [3.05, 3.63) is 26.6 Å².